The predicted molar refractivity (Wildman–Crippen MR) is 73.8 cm³/mol. The van der Waals surface area contributed by atoms with Gasteiger partial charge in [-0.1, -0.05) is 32.0 Å². The minimum absolute atomic E-state index is 0.0407. The smallest absolute Gasteiger partial charge is 0.333 e. The van der Waals surface area contributed by atoms with Crippen LogP contribution in [-0.4, -0.2) is 25.3 Å². The van der Waals surface area contributed by atoms with Crippen LogP contribution in [0.3, 0.4) is 0 Å². The highest BCUT2D eigenvalue weighted by Crippen LogP contribution is 2.41. The molecule has 1 aromatic rings. The van der Waals surface area contributed by atoms with Crippen molar-refractivity contribution < 1.29 is 22.4 Å². The number of rotatable bonds is 5. The summed E-state index contributed by atoms with van der Waals surface area (Å²) in [5.74, 6) is -0.0792. The van der Waals surface area contributed by atoms with Crippen molar-refractivity contribution in [2.75, 3.05) is 6.54 Å². The van der Waals surface area contributed by atoms with Crippen molar-refractivity contribution in [1.82, 2.24) is 4.72 Å². The fraction of sp³-hybridized carbons (Fsp3) is 0.538. The summed E-state index contributed by atoms with van der Waals surface area (Å²) in [7, 11) is -4.25. The topological polar surface area (TPSA) is 84.9 Å². The maximum atomic E-state index is 10.8. The van der Waals surface area contributed by atoms with Gasteiger partial charge < -0.3 is 9.47 Å². The molecule has 1 heterocycles. The molecule has 0 bridgehead atoms. The van der Waals surface area contributed by atoms with E-state index in [0.717, 1.165) is 5.56 Å². The van der Waals surface area contributed by atoms with E-state index in [1.54, 1.807) is 0 Å². The lowest BCUT2D eigenvalue weighted by molar-refractivity contribution is -0.231. The van der Waals surface area contributed by atoms with Gasteiger partial charge in [-0.2, -0.15) is 13.1 Å². The highest BCUT2D eigenvalue weighted by molar-refractivity contribution is 7.83. The summed E-state index contributed by atoms with van der Waals surface area (Å²) in [6.45, 7) is 3.86. The fourth-order valence-electron chi connectivity index (χ4n) is 2.28. The van der Waals surface area contributed by atoms with Crippen LogP contribution in [0.5, 0.6) is 5.75 Å². The SMILES string of the molecule is CCC1(CC)Oc2ccccc2[C@@H](CNS(=O)(=O)O)O1. The van der Waals surface area contributed by atoms with Gasteiger partial charge in [-0.3, -0.25) is 4.55 Å². The van der Waals surface area contributed by atoms with E-state index in [0.29, 0.717) is 18.6 Å². The molecule has 2 rings (SSSR count). The fourth-order valence-corrected chi connectivity index (χ4v) is 2.64. The molecule has 6 nitrogen and oxygen atoms in total. The number of fused-ring (bicyclic) bond motifs is 1. The second-order valence-electron chi connectivity index (χ2n) is 4.69. The number of para-hydroxylation sites is 1. The van der Waals surface area contributed by atoms with Crippen LogP contribution in [0.4, 0.5) is 0 Å². The van der Waals surface area contributed by atoms with Crippen molar-refractivity contribution >= 4 is 10.3 Å². The third-order valence-corrected chi connectivity index (χ3v) is 3.98. The lowest BCUT2D eigenvalue weighted by atomic mass is 10.0. The van der Waals surface area contributed by atoms with Gasteiger partial charge in [0.1, 0.15) is 11.9 Å². The van der Waals surface area contributed by atoms with E-state index in [4.69, 9.17) is 14.0 Å². The van der Waals surface area contributed by atoms with E-state index in [9.17, 15) is 8.42 Å². The quantitative estimate of drug-likeness (QED) is 0.813. The number of nitrogens with one attached hydrogen (secondary N) is 1. The molecule has 0 aliphatic carbocycles. The first-order chi connectivity index (χ1) is 9.39. The van der Waals surface area contributed by atoms with Gasteiger partial charge >= 0.3 is 10.3 Å². The first kappa shape index (κ1) is 15.2. The predicted octanol–water partition coefficient (Wildman–Crippen LogP) is 2.05. The summed E-state index contributed by atoms with van der Waals surface area (Å²) >= 11 is 0. The third-order valence-electron chi connectivity index (χ3n) is 3.45. The standard InChI is InChI=1S/C13H19NO5S/c1-3-13(4-2)18-11-8-6-5-7-10(11)12(19-13)9-14-20(15,16)17/h5-8,12,14H,3-4,9H2,1-2H3,(H,15,16,17)/t12-/m1/s1. The normalized spacial score (nSPS) is 21.1. The van der Waals surface area contributed by atoms with Crippen molar-refractivity contribution in [3.05, 3.63) is 29.8 Å². The minimum Gasteiger partial charge on any atom is -0.462 e. The largest absolute Gasteiger partial charge is 0.462 e. The molecule has 1 aliphatic heterocycles. The molecule has 0 unspecified atom stereocenters. The Labute approximate surface area is 119 Å². The Kier molecular flexibility index (Phi) is 4.33. The molecule has 0 fully saturated rings. The van der Waals surface area contributed by atoms with Gasteiger partial charge in [-0.25, -0.2) is 0 Å². The van der Waals surface area contributed by atoms with Crippen LogP contribution in [0.15, 0.2) is 24.3 Å². The Balaban J connectivity index is 2.30. The molecule has 20 heavy (non-hydrogen) atoms. The zero-order valence-electron chi connectivity index (χ0n) is 11.5. The maximum Gasteiger partial charge on any atom is 0.333 e. The highest BCUT2D eigenvalue weighted by atomic mass is 32.2. The van der Waals surface area contributed by atoms with Crippen molar-refractivity contribution in [2.45, 2.75) is 38.6 Å². The van der Waals surface area contributed by atoms with Crippen molar-refractivity contribution in [3.8, 4) is 5.75 Å². The van der Waals surface area contributed by atoms with Crippen LogP contribution in [0.1, 0.15) is 38.4 Å². The van der Waals surface area contributed by atoms with E-state index in [1.165, 1.54) is 0 Å². The zero-order chi connectivity index (χ0) is 14.8. The first-order valence-electron chi connectivity index (χ1n) is 6.57. The molecule has 1 aliphatic rings. The molecule has 0 aromatic heterocycles. The van der Waals surface area contributed by atoms with Crippen molar-refractivity contribution in [3.63, 3.8) is 0 Å². The van der Waals surface area contributed by atoms with Crippen LogP contribution in [0.2, 0.25) is 0 Å². The van der Waals surface area contributed by atoms with Crippen LogP contribution in [0, 0.1) is 0 Å². The molecule has 0 radical (unpaired) electrons. The van der Waals surface area contributed by atoms with E-state index in [-0.39, 0.29) is 6.54 Å². The lowest BCUT2D eigenvalue weighted by Gasteiger charge is -2.41. The third kappa shape index (κ3) is 3.29. The minimum atomic E-state index is -4.25. The van der Waals surface area contributed by atoms with Gasteiger partial charge in [0.15, 0.2) is 0 Å². The molecule has 0 amide bonds. The van der Waals surface area contributed by atoms with Gasteiger partial charge in [0.05, 0.1) is 0 Å². The summed E-state index contributed by atoms with van der Waals surface area (Å²) in [5, 5.41) is 0. The van der Waals surface area contributed by atoms with Gasteiger partial charge in [-0.15, -0.1) is 0 Å². The first-order valence-corrected chi connectivity index (χ1v) is 8.01. The molecule has 1 aromatic carbocycles. The number of hydrogen-bond donors (Lipinski definition) is 2. The molecular formula is C13H19NO5S. The van der Waals surface area contributed by atoms with Crippen LogP contribution >= 0.6 is 0 Å². The molecular weight excluding hydrogens is 282 g/mol. The summed E-state index contributed by atoms with van der Waals surface area (Å²) in [6, 6.07) is 7.34. The van der Waals surface area contributed by atoms with Gasteiger partial charge in [0.2, 0.25) is 5.79 Å². The Bertz CT molecular complexity index is 568. The molecule has 0 saturated heterocycles. The molecule has 1 atom stereocenters. The summed E-state index contributed by atoms with van der Waals surface area (Å²) < 4.78 is 44.4. The molecule has 112 valence electrons. The van der Waals surface area contributed by atoms with Gasteiger partial charge in [-0.05, 0) is 6.07 Å². The zero-order valence-corrected chi connectivity index (χ0v) is 12.3. The summed E-state index contributed by atoms with van der Waals surface area (Å²) in [6.07, 6.45) is 0.780. The Morgan fingerprint density at radius 1 is 1.30 bits per heavy atom. The Morgan fingerprint density at radius 2 is 1.95 bits per heavy atom. The average molecular weight is 301 g/mol. The van der Waals surface area contributed by atoms with Crippen LogP contribution in [-0.2, 0) is 15.0 Å². The second kappa shape index (κ2) is 5.69. The van der Waals surface area contributed by atoms with Gasteiger partial charge in [0, 0.05) is 24.9 Å². The number of benzene rings is 1. The maximum absolute atomic E-state index is 10.8. The van der Waals surface area contributed by atoms with E-state index in [1.807, 2.05) is 38.1 Å². The summed E-state index contributed by atoms with van der Waals surface area (Å²) in [4.78, 5) is 0. The van der Waals surface area contributed by atoms with E-state index < -0.39 is 22.2 Å². The van der Waals surface area contributed by atoms with Crippen LogP contribution in [0.25, 0.3) is 0 Å². The lowest BCUT2D eigenvalue weighted by Crippen LogP contribution is -2.45. The molecule has 0 saturated carbocycles. The monoisotopic (exact) mass is 301 g/mol. The van der Waals surface area contributed by atoms with Crippen molar-refractivity contribution in [1.29, 1.82) is 0 Å². The Hall–Kier alpha value is -1.15. The number of ether oxygens (including phenoxy) is 2. The van der Waals surface area contributed by atoms with Gasteiger partial charge in [0.25, 0.3) is 0 Å². The highest BCUT2D eigenvalue weighted by Gasteiger charge is 2.39. The molecule has 0 spiro atoms. The van der Waals surface area contributed by atoms with E-state index >= 15 is 0 Å². The number of hydrogen-bond acceptors (Lipinski definition) is 4. The molecule has 7 heteroatoms. The van der Waals surface area contributed by atoms with Crippen molar-refractivity contribution in [2.24, 2.45) is 0 Å². The summed E-state index contributed by atoms with van der Waals surface area (Å²) in [5.41, 5.74) is 0.765. The van der Waals surface area contributed by atoms with Crippen LogP contribution < -0.4 is 9.46 Å². The second-order valence-corrected chi connectivity index (χ2v) is 5.93. The Morgan fingerprint density at radius 3 is 2.55 bits per heavy atom. The van der Waals surface area contributed by atoms with E-state index in [2.05, 4.69) is 4.72 Å². The average Bonchev–Trinajstić information content (AvgIpc) is 2.43. The molecule has 2 N–H and O–H groups in total.